The lowest BCUT2D eigenvalue weighted by Gasteiger charge is -2.19. The maximum absolute atomic E-state index is 13.5. The number of ether oxygens (including phenoxy) is 2. The van der Waals surface area contributed by atoms with Gasteiger partial charge in [0.05, 0.1) is 32.6 Å². The highest BCUT2D eigenvalue weighted by Crippen LogP contribution is 2.49. The van der Waals surface area contributed by atoms with Crippen LogP contribution in [-0.4, -0.2) is 70.1 Å². The van der Waals surface area contributed by atoms with E-state index in [1.165, 1.54) is 64.2 Å². The topological polar surface area (TPSA) is 91.4 Å². The minimum atomic E-state index is -3.18. The predicted octanol–water partition coefficient (Wildman–Crippen LogP) is 10.7. The van der Waals surface area contributed by atoms with Crippen LogP contribution in [0.5, 0.6) is 0 Å². The van der Waals surface area contributed by atoms with Gasteiger partial charge >= 0.3 is 19.5 Å². The van der Waals surface area contributed by atoms with E-state index in [2.05, 4.69) is 32.8 Å². The van der Waals surface area contributed by atoms with Crippen LogP contribution >= 0.6 is 7.60 Å². The average Bonchev–Trinajstić information content (AvgIpc) is 3.03. The minimum Gasteiger partial charge on any atom is -0.466 e. The highest BCUT2D eigenvalue weighted by molar-refractivity contribution is 7.53. The van der Waals surface area contributed by atoms with Gasteiger partial charge in [-0.05, 0) is 72.0 Å². The largest absolute Gasteiger partial charge is 0.466 e. The lowest BCUT2D eigenvalue weighted by molar-refractivity contribution is -0.144. The molecule has 0 aliphatic carbocycles. The molecular formula is C37H74NO7P. The molecule has 0 N–H and O–H groups in total. The molecule has 9 heteroatoms. The van der Waals surface area contributed by atoms with Crippen LogP contribution in [0.2, 0.25) is 0 Å². The maximum atomic E-state index is 13.5. The number of nitrogens with zero attached hydrogens (tertiary/aromatic N) is 1. The summed E-state index contributed by atoms with van der Waals surface area (Å²) in [4.78, 5) is 26.2. The Morgan fingerprint density at radius 2 is 0.848 bits per heavy atom. The third-order valence-electron chi connectivity index (χ3n) is 8.19. The molecule has 0 aliphatic heterocycles. The summed E-state index contributed by atoms with van der Waals surface area (Å²) in [5, 5.41) is 0. The molecule has 46 heavy (non-hydrogen) atoms. The SMILES string of the molecule is CCCCCCCCCOC(=O)CCCCCOP(=O)(CCCCCN(C)C)OCCCCCC(=O)OCCCCCCCCC. The normalized spacial score (nSPS) is 11.8. The molecule has 0 amide bonds. The third kappa shape index (κ3) is 33.0. The number of esters is 2. The first kappa shape index (κ1) is 45.0. The molecule has 0 spiro atoms. The van der Waals surface area contributed by atoms with Crippen molar-refractivity contribution in [3.05, 3.63) is 0 Å². The molecule has 0 rings (SSSR count). The summed E-state index contributed by atoms with van der Waals surface area (Å²) < 4.78 is 35.9. The molecule has 0 aromatic carbocycles. The van der Waals surface area contributed by atoms with E-state index in [9.17, 15) is 14.2 Å². The van der Waals surface area contributed by atoms with E-state index in [0.29, 0.717) is 45.4 Å². The van der Waals surface area contributed by atoms with Crippen molar-refractivity contribution in [3.8, 4) is 0 Å². The van der Waals surface area contributed by atoms with Crippen molar-refractivity contribution in [1.29, 1.82) is 0 Å². The molecule has 0 aromatic heterocycles. The van der Waals surface area contributed by atoms with Gasteiger partial charge in [0.25, 0.3) is 0 Å². The predicted molar refractivity (Wildman–Crippen MR) is 192 cm³/mol. The van der Waals surface area contributed by atoms with E-state index in [4.69, 9.17) is 18.5 Å². The van der Waals surface area contributed by atoms with Crippen molar-refractivity contribution in [2.45, 2.75) is 174 Å². The van der Waals surface area contributed by atoms with Crippen LogP contribution in [0.4, 0.5) is 0 Å². The van der Waals surface area contributed by atoms with E-state index >= 15 is 0 Å². The summed E-state index contributed by atoms with van der Waals surface area (Å²) in [7, 11) is 0.941. The Bertz CT molecular complexity index is 687. The Labute approximate surface area is 284 Å². The molecule has 0 saturated heterocycles. The summed E-state index contributed by atoms with van der Waals surface area (Å²) >= 11 is 0. The van der Waals surface area contributed by atoms with Crippen molar-refractivity contribution >= 4 is 19.5 Å². The number of carbonyl (C=O) groups is 2. The fourth-order valence-corrected chi connectivity index (χ4v) is 6.97. The lowest BCUT2D eigenvalue weighted by atomic mass is 10.1. The first-order valence-electron chi connectivity index (χ1n) is 19.2. The first-order chi connectivity index (χ1) is 22.3. The maximum Gasteiger partial charge on any atom is 0.330 e. The number of hydrogen-bond donors (Lipinski definition) is 0. The van der Waals surface area contributed by atoms with E-state index in [1.807, 2.05) is 0 Å². The molecule has 8 nitrogen and oxygen atoms in total. The van der Waals surface area contributed by atoms with Gasteiger partial charge in [-0.1, -0.05) is 110 Å². The van der Waals surface area contributed by atoms with Crippen LogP contribution in [0.25, 0.3) is 0 Å². The van der Waals surface area contributed by atoms with Gasteiger partial charge in [-0.25, -0.2) is 0 Å². The van der Waals surface area contributed by atoms with E-state index in [-0.39, 0.29) is 11.9 Å². The second-order valence-electron chi connectivity index (χ2n) is 13.2. The molecule has 0 aliphatic rings. The summed E-state index contributed by atoms with van der Waals surface area (Å²) in [5.41, 5.74) is 0. The molecular weight excluding hydrogens is 601 g/mol. The van der Waals surface area contributed by atoms with Crippen molar-refractivity contribution in [2.24, 2.45) is 0 Å². The minimum absolute atomic E-state index is 0.125. The molecule has 274 valence electrons. The van der Waals surface area contributed by atoms with Crippen LogP contribution in [0.3, 0.4) is 0 Å². The lowest BCUT2D eigenvalue weighted by Crippen LogP contribution is -2.13. The molecule has 0 aromatic rings. The summed E-state index contributed by atoms with van der Waals surface area (Å²) in [6, 6.07) is 0. The van der Waals surface area contributed by atoms with Gasteiger partial charge in [0.2, 0.25) is 0 Å². The Morgan fingerprint density at radius 1 is 0.478 bits per heavy atom. The molecule has 0 unspecified atom stereocenters. The molecule has 0 heterocycles. The van der Waals surface area contributed by atoms with Crippen molar-refractivity contribution in [2.75, 3.05) is 53.2 Å². The zero-order valence-electron chi connectivity index (χ0n) is 30.7. The quantitative estimate of drug-likeness (QED) is 0.0368. The number of hydrogen-bond acceptors (Lipinski definition) is 8. The Hall–Kier alpha value is -0.950. The van der Waals surface area contributed by atoms with Gasteiger partial charge < -0.3 is 23.4 Å². The van der Waals surface area contributed by atoms with E-state index in [1.54, 1.807) is 0 Å². The van der Waals surface area contributed by atoms with Gasteiger partial charge in [-0.15, -0.1) is 0 Å². The fourth-order valence-electron chi connectivity index (χ4n) is 5.21. The highest BCUT2D eigenvalue weighted by Gasteiger charge is 2.24. The first-order valence-corrected chi connectivity index (χ1v) is 20.9. The van der Waals surface area contributed by atoms with Crippen LogP contribution in [0.15, 0.2) is 0 Å². The Morgan fingerprint density at radius 3 is 1.28 bits per heavy atom. The second-order valence-corrected chi connectivity index (χ2v) is 15.4. The molecule has 0 radical (unpaired) electrons. The fraction of sp³-hybridized carbons (Fsp3) is 0.946. The zero-order valence-corrected chi connectivity index (χ0v) is 31.6. The number of rotatable bonds is 36. The van der Waals surface area contributed by atoms with E-state index in [0.717, 1.165) is 90.0 Å². The Kier molecular flexibility index (Phi) is 33.2. The average molecular weight is 676 g/mol. The van der Waals surface area contributed by atoms with Gasteiger partial charge in [0, 0.05) is 12.8 Å². The monoisotopic (exact) mass is 676 g/mol. The van der Waals surface area contributed by atoms with Gasteiger partial charge in [-0.2, -0.15) is 0 Å². The molecule has 0 atom stereocenters. The van der Waals surface area contributed by atoms with E-state index < -0.39 is 7.60 Å². The van der Waals surface area contributed by atoms with Crippen molar-refractivity contribution in [3.63, 3.8) is 0 Å². The molecule has 0 fully saturated rings. The third-order valence-corrected chi connectivity index (χ3v) is 10.2. The van der Waals surface area contributed by atoms with Crippen LogP contribution in [0, 0.1) is 0 Å². The standard InChI is InChI=1S/C37H74NO7P/c1-5-7-9-11-13-15-23-31-42-36(39)28-20-17-25-33-44-46(41,35-27-19-22-30-38(3)4)45-34-26-18-21-29-37(40)43-32-24-16-14-12-10-8-6-2/h5-35H2,1-4H3. The zero-order chi connectivity index (χ0) is 34.0. The van der Waals surface area contributed by atoms with Crippen LogP contribution in [0.1, 0.15) is 174 Å². The van der Waals surface area contributed by atoms with Gasteiger partial charge in [0.15, 0.2) is 0 Å². The van der Waals surface area contributed by atoms with Crippen LogP contribution in [-0.2, 0) is 32.7 Å². The summed E-state index contributed by atoms with van der Waals surface area (Å²) in [5.74, 6) is -0.250. The highest BCUT2D eigenvalue weighted by atomic mass is 31.2. The second kappa shape index (κ2) is 33.9. The number of unbranched alkanes of at least 4 members (excludes halogenated alkanes) is 18. The van der Waals surface area contributed by atoms with Crippen molar-refractivity contribution in [1.82, 2.24) is 4.90 Å². The summed E-state index contributed by atoms with van der Waals surface area (Å²) in [6.07, 6.45) is 25.6. The summed E-state index contributed by atoms with van der Waals surface area (Å²) in [6.45, 7) is 7.23. The van der Waals surface area contributed by atoms with Gasteiger partial charge in [0.1, 0.15) is 0 Å². The van der Waals surface area contributed by atoms with Gasteiger partial charge in [-0.3, -0.25) is 14.2 Å². The molecule has 0 bridgehead atoms. The Balaban J connectivity index is 4.11. The van der Waals surface area contributed by atoms with Crippen molar-refractivity contribution < 1.29 is 32.7 Å². The molecule has 0 saturated carbocycles. The van der Waals surface area contributed by atoms with Crippen LogP contribution < -0.4 is 0 Å². The number of carbonyl (C=O) groups excluding carboxylic acids is 2. The smallest absolute Gasteiger partial charge is 0.330 e.